The summed E-state index contributed by atoms with van der Waals surface area (Å²) < 4.78 is 5.81. The molecule has 2 aliphatic heterocycles. The van der Waals surface area contributed by atoms with Crippen LogP contribution in [-0.2, 0) is 30.3 Å². The molecule has 2 unspecified atom stereocenters. The number of hydrogen-bond acceptors (Lipinski definition) is 7. The molecule has 0 saturated carbocycles. The van der Waals surface area contributed by atoms with Crippen LogP contribution in [0.3, 0.4) is 0 Å². The van der Waals surface area contributed by atoms with Gasteiger partial charge in [0, 0.05) is 29.7 Å². The fraction of sp³-hybridized carbons (Fsp3) is 0.567. The van der Waals surface area contributed by atoms with Gasteiger partial charge in [-0.2, -0.15) is 0 Å². The van der Waals surface area contributed by atoms with Crippen LogP contribution < -0.4 is 16.1 Å². The molecule has 40 heavy (non-hydrogen) atoms. The van der Waals surface area contributed by atoms with Gasteiger partial charge in [0.1, 0.15) is 24.2 Å². The molecule has 1 aromatic carbocycles. The average molecular weight is 552 g/mol. The van der Waals surface area contributed by atoms with E-state index >= 15 is 0 Å². The molecule has 3 amide bonds. The van der Waals surface area contributed by atoms with E-state index in [2.05, 4.69) is 21.0 Å². The highest BCUT2D eigenvalue weighted by Gasteiger charge is 2.34. The summed E-state index contributed by atoms with van der Waals surface area (Å²) in [4.78, 5) is 56.9. The molecule has 4 rings (SSSR count). The summed E-state index contributed by atoms with van der Waals surface area (Å²) in [6, 6.07) is 5.64. The van der Waals surface area contributed by atoms with Crippen LogP contribution in [0.5, 0.6) is 0 Å². The SMILES string of the molecule is CC1NC(=O)[C@H](C(C)C)NC(=O)[C@H](C)CCCc2cc3cc(ccc3cn2)[C@@H](C)OC(=O)C2CCCN(N2)C1=O. The van der Waals surface area contributed by atoms with E-state index in [1.54, 1.807) is 6.92 Å². The van der Waals surface area contributed by atoms with Gasteiger partial charge in [-0.3, -0.25) is 29.2 Å². The lowest BCUT2D eigenvalue weighted by molar-refractivity contribution is -0.157. The first-order chi connectivity index (χ1) is 19.0. The fourth-order valence-electron chi connectivity index (χ4n) is 5.18. The number of fused-ring (bicyclic) bond motifs is 4. The van der Waals surface area contributed by atoms with Crippen molar-refractivity contribution in [3.8, 4) is 0 Å². The molecule has 0 spiro atoms. The molecule has 1 saturated heterocycles. The zero-order valence-corrected chi connectivity index (χ0v) is 24.0. The average Bonchev–Trinajstić information content (AvgIpc) is 2.94. The van der Waals surface area contributed by atoms with Gasteiger partial charge in [-0.1, -0.05) is 32.9 Å². The maximum Gasteiger partial charge on any atom is 0.325 e. The first-order valence-electron chi connectivity index (χ1n) is 14.3. The van der Waals surface area contributed by atoms with Gasteiger partial charge in [-0.15, -0.1) is 0 Å². The summed E-state index contributed by atoms with van der Waals surface area (Å²) in [6.07, 6.45) is 4.61. The minimum atomic E-state index is -0.852. The second kappa shape index (κ2) is 12.8. The number of ether oxygens (including phenoxy) is 1. The molecule has 10 heteroatoms. The van der Waals surface area contributed by atoms with Gasteiger partial charge in [0.2, 0.25) is 11.8 Å². The van der Waals surface area contributed by atoms with Gasteiger partial charge in [0.15, 0.2) is 0 Å². The Morgan fingerprint density at radius 1 is 0.950 bits per heavy atom. The molecule has 216 valence electrons. The Hall–Kier alpha value is -3.53. The molecule has 5 atom stereocenters. The summed E-state index contributed by atoms with van der Waals surface area (Å²) >= 11 is 0. The zero-order valence-electron chi connectivity index (χ0n) is 24.0. The number of aromatic nitrogens is 1. The third kappa shape index (κ3) is 6.96. The summed E-state index contributed by atoms with van der Waals surface area (Å²) in [5, 5.41) is 9.01. The van der Waals surface area contributed by atoms with Crippen molar-refractivity contribution in [1.29, 1.82) is 0 Å². The highest BCUT2D eigenvalue weighted by Crippen LogP contribution is 2.25. The Balaban J connectivity index is 1.60. The van der Waals surface area contributed by atoms with E-state index in [-0.39, 0.29) is 23.7 Å². The Kier molecular flexibility index (Phi) is 9.40. The van der Waals surface area contributed by atoms with E-state index in [4.69, 9.17) is 4.74 Å². The minimum absolute atomic E-state index is 0.176. The molecule has 1 aromatic heterocycles. The number of amides is 3. The predicted octanol–water partition coefficient (Wildman–Crippen LogP) is 2.95. The smallest absolute Gasteiger partial charge is 0.325 e. The Bertz CT molecular complexity index is 1260. The van der Waals surface area contributed by atoms with Gasteiger partial charge in [0.25, 0.3) is 5.91 Å². The molecular formula is C30H41N5O5. The van der Waals surface area contributed by atoms with Crippen molar-refractivity contribution in [2.24, 2.45) is 11.8 Å². The van der Waals surface area contributed by atoms with Crippen molar-refractivity contribution >= 4 is 34.5 Å². The number of carbonyl (C=O) groups is 4. The molecule has 5 bridgehead atoms. The number of nitrogens with one attached hydrogen (secondary N) is 3. The number of carbonyl (C=O) groups excluding carboxylic acids is 4. The molecule has 0 radical (unpaired) electrons. The lowest BCUT2D eigenvalue weighted by Gasteiger charge is -2.35. The fourth-order valence-corrected chi connectivity index (χ4v) is 5.18. The van der Waals surface area contributed by atoms with Crippen LogP contribution in [0.25, 0.3) is 10.8 Å². The largest absolute Gasteiger partial charge is 0.457 e. The van der Waals surface area contributed by atoms with Crippen LogP contribution in [-0.4, -0.2) is 58.4 Å². The molecule has 3 N–H and O–H groups in total. The number of hydrogen-bond donors (Lipinski definition) is 3. The number of aryl methyl sites for hydroxylation is 1. The lowest BCUT2D eigenvalue weighted by Crippen LogP contribution is -2.61. The van der Waals surface area contributed by atoms with Crippen molar-refractivity contribution in [2.45, 2.75) is 91.0 Å². The van der Waals surface area contributed by atoms with E-state index in [0.717, 1.165) is 28.5 Å². The summed E-state index contributed by atoms with van der Waals surface area (Å²) in [5.41, 5.74) is 4.79. The van der Waals surface area contributed by atoms with Crippen molar-refractivity contribution in [3.05, 3.63) is 41.7 Å². The highest BCUT2D eigenvalue weighted by molar-refractivity contribution is 5.92. The van der Waals surface area contributed by atoms with Gasteiger partial charge in [-0.25, -0.2) is 5.43 Å². The standard InChI is InChI=1S/C30H41N5O5/c1-17(2)26-28(37)32-19(4)29(38)35-13-7-10-25(34-35)30(39)40-20(5)21-11-12-22-16-31-24(15-23(22)14-21)9-6-8-18(3)27(36)33-26/h11-12,14-20,25-26,34H,6-10,13H2,1-5H3,(H,32,37)(H,33,36)/t18-,19?,20-,25?,26+/m1/s1. The Morgan fingerprint density at radius 3 is 2.48 bits per heavy atom. The van der Waals surface area contributed by atoms with Crippen molar-refractivity contribution in [2.75, 3.05) is 6.54 Å². The van der Waals surface area contributed by atoms with Gasteiger partial charge < -0.3 is 15.4 Å². The zero-order chi connectivity index (χ0) is 29.0. The van der Waals surface area contributed by atoms with Gasteiger partial charge in [0.05, 0.1) is 0 Å². The number of benzene rings is 1. The predicted molar refractivity (Wildman–Crippen MR) is 151 cm³/mol. The minimum Gasteiger partial charge on any atom is -0.457 e. The highest BCUT2D eigenvalue weighted by atomic mass is 16.5. The third-order valence-electron chi connectivity index (χ3n) is 7.80. The van der Waals surface area contributed by atoms with Gasteiger partial charge in [-0.05, 0) is 75.0 Å². The van der Waals surface area contributed by atoms with Crippen LogP contribution in [0.4, 0.5) is 0 Å². The number of hydrazine groups is 1. The van der Waals surface area contributed by atoms with E-state index < -0.39 is 36.1 Å². The maximum atomic E-state index is 13.2. The molecule has 2 aliphatic rings. The molecule has 3 heterocycles. The first-order valence-corrected chi connectivity index (χ1v) is 14.3. The summed E-state index contributed by atoms with van der Waals surface area (Å²) in [6.45, 7) is 9.40. The van der Waals surface area contributed by atoms with Crippen LogP contribution >= 0.6 is 0 Å². The normalized spacial score (nSPS) is 27.6. The van der Waals surface area contributed by atoms with Crippen molar-refractivity contribution < 1.29 is 23.9 Å². The van der Waals surface area contributed by atoms with Crippen LogP contribution in [0, 0.1) is 11.8 Å². The van der Waals surface area contributed by atoms with E-state index in [1.807, 2.05) is 58.2 Å². The Morgan fingerprint density at radius 2 is 1.73 bits per heavy atom. The molecule has 1 fully saturated rings. The summed E-state index contributed by atoms with van der Waals surface area (Å²) in [7, 11) is 0. The first kappa shape index (κ1) is 29.5. The van der Waals surface area contributed by atoms with Crippen LogP contribution in [0.15, 0.2) is 30.5 Å². The molecule has 2 aromatic rings. The quantitative estimate of drug-likeness (QED) is 0.465. The van der Waals surface area contributed by atoms with E-state index in [0.29, 0.717) is 32.2 Å². The number of rotatable bonds is 1. The lowest BCUT2D eigenvalue weighted by atomic mass is 9.98. The Labute approximate surface area is 235 Å². The van der Waals surface area contributed by atoms with Crippen molar-refractivity contribution in [1.82, 2.24) is 26.1 Å². The second-order valence-electron chi connectivity index (χ2n) is 11.4. The topological polar surface area (TPSA) is 130 Å². The number of pyridine rings is 1. The van der Waals surface area contributed by atoms with E-state index in [1.165, 1.54) is 5.01 Å². The summed E-state index contributed by atoms with van der Waals surface area (Å²) in [5.74, 6) is -1.87. The molecule has 10 nitrogen and oxygen atoms in total. The van der Waals surface area contributed by atoms with Crippen molar-refractivity contribution in [3.63, 3.8) is 0 Å². The number of esters is 1. The number of nitrogens with zero attached hydrogens (tertiary/aromatic N) is 2. The third-order valence-corrected chi connectivity index (χ3v) is 7.80. The molecular weight excluding hydrogens is 510 g/mol. The maximum absolute atomic E-state index is 13.2. The molecule has 0 aliphatic carbocycles. The van der Waals surface area contributed by atoms with Crippen LogP contribution in [0.2, 0.25) is 0 Å². The van der Waals surface area contributed by atoms with Gasteiger partial charge >= 0.3 is 5.97 Å². The number of cyclic esters (lactones) is 1. The second-order valence-corrected chi connectivity index (χ2v) is 11.4. The van der Waals surface area contributed by atoms with E-state index in [9.17, 15) is 19.2 Å². The monoisotopic (exact) mass is 551 g/mol. The van der Waals surface area contributed by atoms with Crippen LogP contribution in [0.1, 0.15) is 77.7 Å².